The van der Waals surface area contributed by atoms with E-state index in [9.17, 15) is 4.79 Å². The van der Waals surface area contributed by atoms with Crippen molar-refractivity contribution < 1.29 is 28.5 Å². The molecule has 2 aromatic rings. The van der Waals surface area contributed by atoms with Gasteiger partial charge in [-0.25, -0.2) is 0 Å². The number of carbonyl (C=O) groups excluding carboxylic acids is 1. The van der Waals surface area contributed by atoms with Crippen molar-refractivity contribution in [3.8, 4) is 28.7 Å². The van der Waals surface area contributed by atoms with Gasteiger partial charge >= 0.3 is 0 Å². The molecular weight excluding hydrogens is 350 g/mol. The van der Waals surface area contributed by atoms with Crippen LogP contribution in [-0.4, -0.2) is 52.9 Å². The number of methoxy groups -OCH3 is 4. The molecule has 27 heavy (non-hydrogen) atoms. The highest BCUT2D eigenvalue weighted by Gasteiger charge is 2.19. The number of ether oxygens (including phenoxy) is 5. The maximum absolute atomic E-state index is 12.4. The molecule has 7 heteroatoms. The molecule has 0 bridgehead atoms. The lowest BCUT2D eigenvalue weighted by atomic mass is 10.1. The molecule has 0 radical (unpaired) electrons. The van der Waals surface area contributed by atoms with Gasteiger partial charge < -0.3 is 28.6 Å². The lowest BCUT2D eigenvalue weighted by Gasteiger charge is -2.21. The minimum absolute atomic E-state index is 0.0710. The Kier molecular flexibility index (Phi) is 7.16. The Balaban J connectivity index is 2.03. The second kappa shape index (κ2) is 9.56. The van der Waals surface area contributed by atoms with E-state index in [1.165, 1.54) is 0 Å². The molecule has 2 rings (SSSR count). The maximum Gasteiger partial charge on any atom is 0.260 e. The van der Waals surface area contributed by atoms with Crippen LogP contribution in [0.25, 0.3) is 0 Å². The Morgan fingerprint density at radius 3 is 2.00 bits per heavy atom. The van der Waals surface area contributed by atoms with Gasteiger partial charge in [-0.3, -0.25) is 4.79 Å². The third kappa shape index (κ3) is 4.97. The summed E-state index contributed by atoms with van der Waals surface area (Å²) in [5, 5.41) is 0. The van der Waals surface area contributed by atoms with Gasteiger partial charge in [0.2, 0.25) is 5.75 Å². The Hall–Kier alpha value is -3.09. The number of hydrogen-bond donors (Lipinski definition) is 0. The third-order valence-electron chi connectivity index (χ3n) is 4.04. The molecule has 0 heterocycles. The lowest BCUT2D eigenvalue weighted by molar-refractivity contribution is -0.132. The average molecular weight is 375 g/mol. The maximum atomic E-state index is 12.4. The summed E-state index contributed by atoms with van der Waals surface area (Å²) in [6.45, 7) is 0.271. The van der Waals surface area contributed by atoms with Crippen LogP contribution in [0.15, 0.2) is 36.4 Å². The van der Waals surface area contributed by atoms with Gasteiger partial charge in [0.15, 0.2) is 18.1 Å². The van der Waals surface area contributed by atoms with Crippen LogP contribution in [0, 0.1) is 0 Å². The molecule has 0 aromatic heterocycles. The first-order chi connectivity index (χ1) is 13.0. The van der Waals surface area contributed by atoms with Crippen LogP contribution in [0.3, 0.4) is 0 Å². The topological polar surface area (TPSA) is 66.5 Å². The molecule has 0 aliphatic carbocycles. The van der Waals surface area contributed by atoms with Crippen LogP contribution >= 0.6 is 0 Å². The van der Waals surface area contributed by atoms with Gasteiger partial charge in [0.1, 0.15) is 11.5 Å². The molecule has 146 valence electrons. The monoisotopic (exact) mass is 375 g/mol. The minimum Gasteiger partial charge on any atom is -0.497 e. The molecule has 0 unspecified atom stereocenters. The third-order valence-corrected chi connectivity index (χ3v) is 4.04. The SMILES string of the molecule is COc1ccc(OCC(=O)N(C)Cc2ccc(OC)c(OC)c2OC)cc1. The molecule has 0 aliphatic heterocycles. The predicted molar refractivity (Wildman–Crippen MR) is 101 cm³/mol. The van der Waals surface area contributed by atoms with Crippen LogP contribution < -0.4 is 23.7 Å². The molecular formula is C20H25NO6. The Labute approximate surface area is 159 Å². The fourth-order valence-corrected chi connectivity index (χ4v) is 2.56. The van der Waals surface area contributed by atoms with E-state index in [4.69, 9.17) is 23.7 Å². The molecule has 0 saturated heterocycles. The molecule has 0 N–H and O–H groups in total. The Morgan fingerprint density at radius 1 is 0.815 bits per heavy atom. The number of likely N-dealkylation sites (N-methyl/N-ethyl adjacent to an activating group) is 1. The second-order valence-corrected chi connectivity index (χ2v) is 5.71. The molecule has 0 aliphatic rings. The quantitative estimate of drug-likeness (QED) is 0.671. The van der Waals surface area contributed by atoms with Gasteiger partial charge in [0.25, 0.3) is 5.91 Å². The van der Waals surface area contributed by atoms with Gasteiger partial charge in [-0.15, -0.1) is 0 Å². The highest BCUT2D eigenvalue weighted by molar-refractivity contribution is 5.77. The predicted octanol–water partition coefficient (Wildman–Crippen LogP) is 2.76. The number of rotatable bonds is 9. The molecule has 0 spiro atoms. The van der Waals surface area contributed by atoms with Gasteiger partial charge in [-0.2, -0.15) is 0 Å². The minimum atomic E-state index is -0.164. The summed E-state index contributed by atoms with van der Waals surface area (Å²) >= 11 is 0. The van der Waals surface area contributed by atoms with Crippen molar-refractivity contribution >= 4 is 5.91 Å². The van der Waals surface area contributed by atoms with Crippen molar-refractivity contribution in [2.24, 2.45) is 0 Å². The molecule has 0 atom stereocenters. The Bertz CT molecular complexity index is 760. The van der Waals surface area contributed by atoms with Crippen molar-refractivity contribution in [1.29, 1.82) is 0 Å². The van der Waals surface area contributed by atoms with Crippen LogP contribution in [-0.2, 0) is 11.3 Å². The summed E-state index contributed by atoms with van der Waals surface area (Å²) in [6, 6.07) is 10.7. The van der Waals surface area contributed by atoms with Gasteiger partial charge in [0, 0.05) is 19.2 Å². The first-order valence-electron chi connectivity index (χ1n) is 8.32. The zero-order valence-electron chi connectivity index (χ0n) is 16.3. The smallest absolute Gasteiger partial charge is 0.260 e. The normalized spacial score (nSPS) is 10.1. The lowest BCUT2D eigenvalue weighted by Crippen LogP contribution is -2.31. The van der Waals surface area contributed by atoms with Crippen LogP contribution in [0.1, 0.15) is 5.56 Å². The van der Waals surface area contributed by atoms with Gasteiger partial charge in [-0.05, 0) is 36.4 Å². The summed E-state index contributed by atoms with van der Waals surface area (Å²) in [4.78, 5) is 14.0. The van der Waals surface area contributed by atoms with E-state index in [0.717, 1.165) is 11.3 Å². The van der Waals surface area contributed by atoms with Crippen molar-refractivity contribution in [2.45, 2.75) is 6.54 Å². The number of benzene rings is 2. The first kappa shape index (κ1) is 20.2. The standard InChI is InChI=1S/C20H25NO6/c1-21(18(22)13-27-16-9-7-15(23-2)8-10-16)12-14-6-11-17(24-3)20(26-5)19(14)25-4/h6-11H,12-13H2,1-5H3. The van der Waals surface area contributed by atoms with Crippen LogP contribution in [0.4, 0.5) is 0 Å². The molecule has 0 saturated carbocycles. The van der Waals surface area contributed by atoms with Crippen LogP contribution in [0.2, 0.25) is 0 Å². The number of hydrogen-bond acceptors (Lipinski definition) is 6. The van der Waals surface area contributed by atoms with Gasteiger partial charge in [0.05, 0.1) is 28.4 Å². The fraction of sp³-hybridized carbons (Fsp3) is 0.350. The summed E-state index contributed by atoms with van der Waals surface area (Å²) < 4.78 is 26.7. The zero-order chi connectivity index (χ0) is 19.8. The fourth-order valence-electron chi connectivity index (χ4n) is 2.56. The molecule has 1 amide bonds. The number of amides is 1. The van der Waals surface area contributed by atoms with E-state index in [-0.39, 0.29) is 12.5 Å². The number of carbonyl (C=O) groups is 1. The Morgan fingerprint density at radius 2 is 1.44 bits per heavy atom. The molecule has 7 nitrogen and oxygen atoms in total. The van der Waals surface area contributed by atoms with Crippen LogP contribution in [0.5, 0.6) is 28.7 Å². The van der Waals surface area contributed by atoms with Crippen molar-refractivity contribution in [2.75, 3.05) is 42.1 Å². The zero-order valence-corrected chi connectivity index (χ0v) is 16.3. The van der Waals surface area contributed by atoms with E-state index in [2.05, 4.69) is 0 Å². The summed E-state index contributed by atoms with van der Waals surface area (Å²) in [5.74, 6) is 2.76. The summed E-state index contributed by atoms with van der Waals surface area (Å²) in [5.41, 5.74) is 0.801. The van der Waals surface area contributed by atoms with Gasteiger partial charge in [-0.1, -0.05) is 0 Å². The van der Waals surface area contributed by atoms with E-state index in [0.29, 0.717) is 29.5 Å². The van der Waals surface area contributed by atoms with Crippen molar-refractivity contribution in [3.63, 3.8) is 0 Å². The largest absolute Gasteiger partial charge is 0.497 e. The highest BCUT2D eigenvalue weighted by Crippen LogP contribution is 2.40. The van der Waals surface area contributed by atoms with Crippen molar-refractivity contribution in [1.82, 2.24) is 4.90 Å². The molecule has 0 fully saturated rings. The van der Waals surface area contributed by atoms with E-state index in [1.807, 2.05) is 6.07 Å². The van der Waals surface area contributed by atoms with E-state index in [1.54, 1.807) is 70.7 Å². The number of nitrogens with zero attached hydrogens (tertiary/aromatic N) is 1. The average Bonchev–Trinajstić information content (AvgIpc) is 2.71. The van der Waals surface area contributed by atoms with E-state index < -0.39 is 0 Å². The van der Waals surface area contributed by atoms with E-state index >= 15 is 0 Å². The highest BCUT2D eigenvalue weighted by atomic mass is 16.5. The van der Waals surface area contributed by atoms with Crippen molar-refractivity contribution in [3.05, 3.63) is 42.0 Å². The summed E-state index contributed by atoms with van der Waals surface area (Å²) in [7, 11) is 7.95. The molecule has 2 aromatic carbocycles. The first-order valence-corrected chi connectivity index (χ1v) is 8.32. The summed E-state index contributed by atoms with van der Waals surface area (Å²) in [6.07, 6.45) is 0. The second-order valence-electron chi connectivity index (χ2n) is 5.71.